The first-order valence-corrected chi connectivity index (χ1v) is 18.2. The van der Waals surface area contributed by atoms with Gasteiger partial charge in [-0.25, -0.2) is 9.46 Å². The minimum Gasteiger partial charge on any atom is -0.497 e. The summed E-state index contributed by atoms with van der Waals surface area (Å²) in [4.78, 5) is 27.6. The molecule has 0 saturated carbocycles. The number of methoxy groups -OCH3 is 2. The lowest BCUT2D eigenvalue weighted by Crippen LogP contribution is -2.41. The Kier molecular flexibility index (Phi) is 14.4. The predicted octanol–water partition coefficient (Wildman–Crippen LogP) is 6.99. The van der Waals surface area contributed by atoms with E-state index in [4.69, 9.17) is 23.3 Å². The van der Waals surface area contributed by atoms with Gasteiger partial charge in [-0.1, -0.05) is 54.6 Å². The van der Waals surface area contributed by atoms with Crippen molar-refractivity contribution >= 4 is 24.5 Å². The number of nitrogens with one attached hydrogen (secondary N) is 1. The minimum atomic E-state index is -1.73. The third kappa shape index (κ3) is 9.49. The summed E-state index contributed by atoms with van der Waals surface area (Å²) < 4.78 is 34.9. The van der Waals surface area contributed by atoms with E-state index in [2.05, 4.69) is 59.3 Å². The quantitative estimate of drug-likeness (QED) is 0.0648. The number of aromatic amines is 1. The molecule has 1 aromatic heterocycles. The van der Waals surface area contributed by atoms with Crippen LogP contribution in [-0.4, -0.2) is 59.8 Å². The highest BCUT2D eigenvalue weighted by Crippen LogP contribution is 2.48. The highest BCUT2D eigenvalue weighted by Gasteiger charge is 2.40. The smallest absolute Gasteiger partial charge is 0.328 e. The number of H-pyrrole nitrogens is 1. The molecule has 3 aromatic carbocycles. The second kappa shape index (κ2) is 18.4. The van der Waals surface area contributed by atoms with Gasteiger partial charge in [-0.2, -0.15) is 5.26 Å². The Morgan fingerprint density at radius 3 is 1.92 bits per heavy atom. The van der Waals surface area contributed by atoms with Gasteiger partial charge < -0.3 is 23.3 Å². The molecular weight excluding hydrogens is 723 g/mol. The second-order valence-corrected chi connectivity index (χ2v) is 14.2. The fourth-order valence-corrected chi connectivity index (χ4v) is 7.70. The van der Waals surface area contributed by atoms with E-state index in [1.807, 2.05) is 78.9 Å². The highest BCUT2D eigenvalue weighted by molar-refractivity contribution is 9.10. The molecule has 0 aliphatic rings. The van der Waals surface area contributed by atoms with Crippen LogP contribution < -0.4 is 20.7 Å². The minimum absolute atomic E-state index is 0.0133. The van der Waals surface area contributed by atoms with Crippen LogP contribution in [0.4, 0.5) is 0 Å². The standard InChI is InChI=1S/C37H44BrN4O7P/c1-26(2)42(27(3)4)50(48-22-10-21-39)49-33(23-41-24-34(38)35(43)40-36(41)44)25-47-37(28-11-8-7-9-12-28,29-13-17-31(45-5)18-14-29)30-15-19-32(46-6)20-16-30/h7-9,11-20,24,26-27,33H,10,22-23,25H2,1-6H3,(H,40,43,44)/t33-,50?/m0/s1. The van der Waals surface area contributed by atoms with Crippen molar-refractivity contribution in [2.24, 2.45) is 0 Å². The lowest BCUT2D eigenvalue weighted by molar-refractivity contribution is -0.0387. The van der Waals surface area contributed by atoms with Crippen molar-refractivity contribution in [2.45, 2.75) is 64.4 Å². The molecule has 0 saturated heterocycles. The maximum atomic E-state index is 13.1. The molecule has 50 heavy (non-hydrogen) atoms. The van der Waals surface area contributed by atoms with Gasteiger partial charge in [0.15, 0.2) is 0 Å². The summed E-state index contributed by atoms with van der Waals surface area (Å²) in [5.74, 6) is 1.38. The van der Waals surface area contributed by atoms with Crippen molar-refractivity contribution < 1.29 is 23.3 Å². The molecule has 4 aromatic rings. The van der Waals surface area contributed by atoms with E-state index < -0.39 is 31.5 Å². The first-order valence-electron chi connectivity index (χ1n) is 16.3. The highest BCUT2D eigenvalue weighted by atomic mass is 79.9. The summed E-state index contributed by atoms with van der Waals surface area (Å²) in [7, 11) is 1.51. The van der Waals surface area contributed by atoms with Crippen molar-refractivity contribution in [3.63, 3.8) is 0 Å². The number of nitrogens with zero attached hydrogens (tertiary/aromatic N) is 3. The van der Waals surface area contributed by atoms with E-state index in [-0.39, 0.29) is 42.7 Å². The van der Waals surface area contributed by atoms with Crippen LogP contribution in [0.15, 0.2) is 99.1 Å². The van der Waals surface area contributed by atoms with Crippen molar-refractivity contribution in [3.05, 3.63) is 127 Å². The molecule has 0 amide bonds. The van der Waals surface area contributed by atoms with Gasteiger partial charge in [0.05, 0.1) is 50.9 Å². The molecule has 11 nitrogen and oxygen atoms in total. The molecule has 0 aliphatic carbocycles. The maximum absolute atomic E-state index is 13.1. The molecule has 1 N–H and O–H groups in total. The molecule has 0 spiro atoms. The number of benzene rings is 3. The van der Waals surface area contributed by atoms with E-state index in [1.165, 1.54) is 10.8 Å². The largest absolute Gasteiger partial charge is 0.497 e. The number of halogens is 1. The number of nitriles is 1. The lowest BCUT2D eigenvalue weighted by Gasteiger charge is -2.39. The van der Waals surface area contributed by atoms with E-state index in [0.29, 0.717) is 11.5 Å². The van der Waals surface area contributed by atoms with Crippen LogP contribution in [-0.2, 0) is 25.9 Å². The fourth-order valence-electron chi connectivity index (χ4n) is 5.67. The van der Waals surface area contributed by atoms with Crippen LogP contribution in [0.1, 0.15) is 50.8 Å². The Labute approximate surface area is 302 Å². The summed E-state index contributed by atoms with van der Waals surface area (Å²) in [5, 5.41) is 9.27. The predicted molar refractivity (Wildman–Crippen MR) is 197 cm³/mol. The molecule has 2 atom stereocenters. The molecule has 0 aliphatic heterocycles. The van der Waals surface area contributed by atoms with Crippen LogP contribution in [0.5, 0.6) is 11.5 Å². The summed E-state index contributed by atoms with van der Waals surface area (Å²) in [6.07, 6.45) is 0.862. The third-order valence-electron chi connectivity index (χ3n) is 7.93. The maximum Gasteiger partial charge on any atom is 0.328 e. The number of hydrogen-bond acceptors (Lipinski definition) is 9. The molecule has 0 bridgehead atoms. The summed E-state index contributed by atoms with van der Waals surface area (Å²) in [6.45, 7) is 8.38. The molecule has 266 valence electrons. The number of rotatable bonds is 18. The molecular formula is C37H44BrN4O7P. The molecule has 0 radical (unpaired) electrons. The Morgan fingerprint density at radius 2 is 1.42 bits per heavy atom. The van der Waals surface area contributed by atoms with Gasteiger partial charge in [-0.3, -0.25) is 14.3 Å². The van der Waals surface area contributed by atoms with Crippen molar-refractivity contribution in [2.75, 3.05) is 27.4 Å². The van der Waals surface area contributed by atoms with E-state index in [0.717, 1.165) is 16.7 Å². The normalized spacial score (nSPS) is 13.0. The average Bonchev–Trinajstić information content (AvgIpc) is 3.11. The molecule has 0 fully saturated rings. The first kappa shape index (κ1) is 39.0. The first-order chi connectivity index (χ1) is 24.0. The average molecular weight is 768 g/mol. The molecule has 13 heteroatoms. The zero-order valence-corrected chi connectivity index (χ0v) is 31.6. The Bertz CT molecular complexity index is 1750. The van der Waals surface area contributed by atoms with Crippen molar-refractivity contribution in [1.29, 1.82) is 5.26 Å². The van der Waals surface area contributed by atoms with Gasteiger partial charge in [-0.05, 0) is 84.6 Å². The van der Waals surface area contributed by atoms with Crippen LogP contribution in [0.3, 0.4) is 0 Å². The topological polar surface area (TPSA) is 128 Å². The Hall–Kier alpha value is -3.82. The molecule has 1 unspecified atom stereocenters. The van der Waals surface area contributed by atoms with Gasteiger partial charge in [0.25, 0.3) is 14.1 Å². The molecule has 1 heterocycles. The number of hydrogen-bond donors (Lipinski definition) is 1. The fraction of sp³-hybridized carbons (Fsp3) is 0.378. The van der Waals surface area contributed by atoms with Crippen molar-refractivity contribution in [1.82, 2.24) is 14.2 Å². The van der Waals surface area contributed by atoms with Gasteiger partial charge in [0.2, 0.25) is 0 Å². The zero-order chi connectivity index (χ0) is 36.3. The van der Waals surface area contributed by atoms with Gasteiger partial charge in [-0.15, -0.1) is 0 Å². The summed E-state index contributed by atoms with van der Waals surface area (Å²) in [5.41, 5.74) is 0.238. The zero-order valence-electron chi connectivity index (χ0n) is 29.2. The summed E-state index contributed by atoms with van der Waals surface area (Å²) >= 11 is 3.25. The number of aromatic nitrogens is 2. The summed E-state index contributed by atoms with van der Waals surface area (Å²) in [6, 6.07) is 27.5. The van der Waals surface area contributed by atoms with Gasteiger partial charge in [0.1, 0.15) is 23.2 Å². The van der Waals surface area contributed by atoms with Gasteiger partial charge in [0, 0.05) is 18.3 Å². The van der Waals surface area contributed by atoms with Crippen molar-refractivity contribution in [3.8, 4) is 17.6 Å². The Morgan fingerprint density at radius 1 is 0.880 bits per heavy atom. The van der Waals surface area contributed by atoms with Crippen LogP contribution in [0, 0.1) is 11.3 Å². The lowest BCUT2D eigenvalue weighted by atomic mass is 9.80. The van der Waals surface area contributed by atoms with Crippen LogP contribution >= 0.6 is 24.5 Å². The number of ether oxygens (including phenoxy) is 3. The van der Waals surface area contributed by atoms with Gasteiger partial charge >= 0.3 is 5.69 Å². The van der Waals surface area contributed by atoms with Crippen LogP contribution in [0.2, 0.25) is 0 Å². The SMILES string of the molecule is COc1ccc(C(OC[C@H](Cn2cc(Br)c(=O)[nH]c2=O)OP(OCCC#N)N(C(C)C)C(C)C)(c2ccccc2)c2ccc(OC)cc2)cc1. The van der Waals surface area contributed by atoms with E-state index in [1.54, 1.807) is 14.2 Å². The monoisotopic (exact) mass is 766 g/mol. The van der Waals surface area contributed by atoms with E-state index >= 15 is 0 Å². The van der Waals surface area contributed by atoms with E-state index in [9.17, 15) is 14.9 Å². The third-order valence-corrected chi connectivity index (χ3v) is 10.7. The van der Waals surface area contributed by atoms with Crippen LogP contribution in [0.25, 0.3) is 0 Å². The Balaban J connectivity index is 1.88. The molecule has 4 rings (SSSR count). The second-order valence-electron chi connectivity index (χ2n) is 12.0.